The zero-order valence-corrected chi connectivity index (χ0v) is 12.3. The van der Waals surface area contributed by atoms with Gasteiger partial charge < -0.3 is 14.7 Å². The molecule has 1 aliphatic heterocycles. The lowest BCUT2D eigenvalue weighted by Gasteiger charge is -2.17. The van der Waals surface area contributed by atoms with Gasteiger partial charge in [0.2, 0.25) is 5.91 Å². The van der Waals surface area contributed by atoms with Crippen LogP contribution in [0, 0.1) is 13.8 Å². The van der Waals surface area contributed by atoms with Crippen LogP contribution in [0.3, 0.4) is 0 Å². The van der Waals surface area contributed by atoms with Gasteiger partial charge >= 0.3 is 0 Å². The summed E-state index contributed by atoms with van der Waals surface area (Å²) in [4.78, 5) is 13.7. The number of aromatic nitrogens is 1. The number of amides is 1. The number of carbonyl (C=O) groups is 1. The van der Waals surface area contributed by atoms with Crippen LogP contribution in [0.2, 0.25) is 0 Å². The summed E-state index contributed by atoms with van der Waals surface area (Å²) in [5.74, 6) is 1.05. The van der Waals surface area contributed by atoms with Crippen molar-refractivity contribution < 1.29 is 9.32 Å². The van der Waals surface area contributed by atoms with Crippen molar-refractivity contribution in [3.63, 3.8) is 0 Å². The minimum atomic E-state index is 0.206. The minimum Gasteiger partial charge on any atom is -0.381 e. The molecule has 1 fully saturated rings. The summed E-state index contributed by atoms with van der Waals surface area (Å²) in [6, 6.07) is 7.96. The second-order valence-corrected chi connectivity index (χ2v) is 5.36. The van der Waals surface area contributed by atoms with Gasteiger partial charge in [-0.1, -0.05) is 11.2 Å². The van der Waals surface area contributed by atoms with E-state index in [-0.39, 0.29) is 5.91 Å². The van der Waals surface area contributed by atoms with Gasteiger partial charge in [0.1, 0.15) is 5.76 Å². The van der Waals surface area contributed by atoms with E-state index >= 15 is 0 Å². The van der Waals surface area contributed by atoms with E-state index in [0.717, 1.165) is 41.4 Å². The van der Waals surface area contributed by atoms with Crippen molar-refractivity contribution in [3.8, 4) is 0 Å². The summed E-state index contributed by atoms with van der Waals surface area (Å²) in [6.07, 6.45) is 1.59. The van der Waals surface area contributed by atoms with Crippen molar-refractivity contribution in [3.05, 3.63) is 41.3 Å². The van der Waals surface area contributed by atoms with Crippen molar-refractivity contribution in [2.24, 2.45) is 0 Å². The fourth-order valence-corrected chi connectivity index (χ4v) is 2.65. The highest BCUT2D eigenvalue weighted by Crippen LogP contribution is 2.25. The lowest BCUT2D eigenvalue weighted by molar-refractivity contribution is -0.117. The third-order valence-corrected chi connectivity index (χ3v) is 3.88. The smallest absolute Gasteiger partial charge is 0.227 e. The summed E-state index contributed by atoms with van der Waals surface area (Å²) in [7, 11) is 0. The van der Waals surface area contributed by atoms with E-state index in [0.29, 0.717) is 13.0 Å². The van der Waals surface area contributed by atoms with Crippen molar-refractivity contribution in [2.75, 3.05) is 16.8 Å². The van der Waals surface area contributed by atoms with Gasteiger partial charge in [0.25, 0.3) is 0 Å². The van der Waals surface area contributed by atoms with E-state index in [9.17, 15) is 4.79 Å². The highest BCUT2D eigenvalue weighted by atomic mass is 16.5. The number of carbonyl (C=O) groups excluding carboxylic acids is 1. The number of nitrogens with one attached hydrogen (secondary N) is 1. The minimum absolute atomic E-state index is 0.206. The molecule has 0 spiro atoms. The lowest BCUT2D eigenvalue weighted by Crippen LogP contribution is -2.23. The Balaban J connectivity index is 1.73. The summed E-state index contributed by atoms with van der Waals surface area (Å²) in [5, 5.41) is 7.32. The molecule has 0 unspecified atom stereocenters. The molecule has 0 bridgehead atoms. The summed E-state index contributed by atoms with van der Waals surface area (Å²) < 4.78 is 5.16. The van der Waals surface area contributed by atoms with Gasteiger partial charge in [-0.15, -0.1) is 0 Å². The maximum Gasteiger partial charge on any atom is 0.227 e. The van der Waals surface area contributed by atoms with Crippen LogP contribution in [-0.2, 0) is 11.3 Å². The third kappa shape index (κ3) is 2.77. The molecule has 1 amide bonds. The van der Waals surface area contributed by atoms with Gasteiger partial charge in [0.15, 0.2) is 0 Å². The zero-order valence-electron chi connectivity index (χ0n) is 12.3. The molecule has 0 radical (unpaired) electrons. The standard InChI is InChI=1S/C16H19N3O2/c1-11-15(12(2)21-18-11)10-17-13-5-3-6-14(9-13)19-8-4-7-16(19)20/h3,5-6,9,17H,4,7-8,10H2,1-2H3. The first-order chi connectivity index (χ1) is 10.1. The SMILES string of the molecule is Cc1noc(C)c1CNc1cccc(N2CCCC2=O)c1. The van der Waals surface area contributed by atoms with Crippen LogP contribution in [0.5, 0.6) is 0 Å². The van der Waals surface area contributed by atoms with E-state index in [1.54, 1.807) is 0 Å². The molecule has 110 valence electrons. The molecule has 0 atom stereocenters. The van der Waals surface area contributed by atoms with E-state index < -0.39 is 0 Å². The second-order valence-electron chi connectivity index (χ2n) is 5.36. The number of hydrogen-bond donors (Lipinski definition) is 1. The first-order valence-corrected chi connectivity index (χ1v) is 7.21. The number of benzene rings is 1. The van der Waals surface area contributed by atoms with Crippen LogP contribution in [0.1, 0.15) is 29.9 Å². The molecular weight excluding hydrogens is 266 g/mol. The van der Waals surface area contributed by atoms with Crippen molar-refractivity contribution in [2.45, 2.75) is 33.2 Å². The molecule has 0 aliphatic carbocycles. The van der Waals surface area contributed by atoms with Crippen LogP contribution in [0.15, 0.2) is 28.8 Å². The number of aryl methyl sites for hydroxylation is 2. The van der Waals surface area contributed by atoms with E-state index in [1.165, 1.54) is 0 Å². The number of rotatable bonds is 4. The van der Waals surface area contributed by atoms with Crippen LogP contribution in [0.4, 0.5) is 11.4 Å². The van der Waals surface area contributed by atoms with Gasteiger partial charge in [-0.05, 0) is 38.5 Å². The fourth-order valence-electron chi connectivity index (χ4n) is 2.65. The maximum absolute atomic E-state index is 11.8. The highest BCUT2D eigenvalue weighted by molar-refractivity contribution is 5.95. The Morgan fingerprint density at radius 2 is 2.24 bits per heavy atom. The molecule has 2 heterocycles. The maximum atomic E-state index is 11.8. The highest BCUT2D eigenvalue weighted by Gasteiger charge is 2.21. The quantitative estimate of drug-likeness (QED) is 0.938. The van der Waals surface area contributed by atoms with Crippen molar-refractivity contribution in [1.29, 1.82) is 0 Å². The predicted octanol–water partition coefficient (Wildman–Crippen LogP) is 3.03. The second kappa shape index (κ2) is 5.60. The van der Waals surface area contributed by atoms with Gasteiger partial charge in [-0.3, -0.25) is 4.79 Å². The Morgan fingerprint density at radius 1 is 1.38 bits per heavy atom. The molecule has 2 aromatic rings. The Kier molecular flexibility index (Phi) is 3.64. The summed E-state index contributed by atoms with van der Waals surface area (Å²) in [6.45, 7) is 5.33. The van der Waals surface area contributed by atoms with Gasteiger partial charge in [-0.2, -0.15) is 0 Å². The van der Waals surface area contributed by atoms with Gasteiger partial charge in [0, 0.05) is 36.4 Å². The van der Waals surface area contributed by atoms with Crippen LogP contribution in [0.25, 0.3) is 0 Å². The molecule has 3 rings (SSSR count). The molecule has 21 heavy (non-hydrogen) atoms. The third-order valence-electron chi connectivity index (χ3n) is 3.88. The van der Waals surface area contributed by atoms with Crippen LogP contribution in [-0.4, -0.2) is 17.6 Å². The van der Waals surface area contributed by atoms with Gasteiger partial charge in [-0.25, -0.2) is 0 Å². The van der Waals surface area contributed by atoms with Crippen LogP contribution < -0.4 is 10.2 Å². The Morgan fingerprint density at radius 3 is 2.90 bits per heavy atom. The monoisotopic (exact) mass is 285 g/mol. The van der Waals surface area contributed by atoms with Gasteiger partial charge in [0.05, 0.1) is 5.69 Å². The summed E-state index contributed by atoms with van der Waals surface area (Å²) >= 11 is 0. The molecule has 1 saturated heterocycles. The molecule has 1 N–H and O–H groups in total. The number of nitrogens with zero attached hydrogens (tertiary/aromatic N) is 2. The number of hydrogen-bond acceptors (Lipinski definition) is 4. The van der Waals surface area contributed by atoms with Crippen molar-refractivity contribution >= 4 is 17.3 Å². The Bertz CT molecular complexity index is 644. The fraction of sp³-hybridized carbons (Fsp3) is 0.375. The average Bonchev–Trinajstić information content (AvgIpc) is 3.04. The molecule has 1 aromatic heterocycles. The normalized spacial score (nSPS) is 14.8. The molecule has 5 heteroatoms. The van der Waals surface area contributed by atoms with Crippen LogP contribution >= 0.6 is 0 Å². The first kappa shape index (κ1) is 13.7. The zero-order chi connectivity index (χ0) is 14.8. The molecular formula is C16H19N3O2. The largest absolute Gasteiger partial charge is 0.381 e. The van der Waals surface area contributed by atoms with Crippen molar-refractivity contribution in [1.82, 2.24) is 5.16 Å². The predicted molar refractivity (Wildman–Crippen MR) is 81.3 cm³/mol. The average molecular weight is 285 g/mol. The molecule has 1 aliphatic rings. The Hall–Kier alpha value is -2.30. The first-order valence-electron chi connectivity index (χ1n) is 7.21. The topological polar surface area (TPSA) is 58.4 Å². The van der Waals surface area contributed by atoms with E-state index in [2.05, 4.69) is 10.5 Å². The number of anilines is 2. The van der Waals surface area contributed by atoms with E-state index in [1.807, 2.05) is 43.0 Å². The molecule has 5 nitrogen and oxygen atoms in total. The molecule has 1 aromatic carbocycles. The Labute approximate surface area is 123 Å². The van der Waals surface area contributed by atoms with E-state index in [4.69, 9.17) is 4.52 Å². The molecule has 0 saturated carbocycles. The summed E-state index contributed by atoms with van der Waals surface area (Å²) in [5.41, 5.74) is 3.94. The lowest BCUT2D eigenvalue weighted by atomic mass is 10.2.